The number of benzene rings is 1. The van der Waals surface area contributed by atoms with Crippen LogP contribution in [0.3, 0.4) is 0 Å². The first-order valence-corrected chi connectivity index (χ1v) is 7.36. The fourth-order valence-corrected chi connectivity index (χ4v) is 3.14. The van der Waals surface area contributed by atoms with Crippen LogP contribution in [0.15, 0.2) is 18.2 Å². The molecule has 0 bridgehead atoms. The van der Waals surface area contributed by atoms with E-state index in [0.29, 0.717) is 17.6 Å². The molecule has 106 valence electrons. The number of hydrogen-bond donors (Lipinski definition) is 2. The largest absolute Gasteiger partial charge is 0.395 e. The van der Waals surface area contributed by atoms with Crippen LogP contribution in [-0.2, 0) is 0 Å². The quantitative estimate of drug-likeness (QED) is 0.872. The van der Waals surface area contributed by atoms with Crippen LogP contribution in [-0.4, -0.2) is 29.4 Å². The maximum atomic E-state index is 9.58. The standard InChI is InChI=1S/C15H22ClNO2/c1-11(19)12-6-7-15(14(16)10-12)17(8-9-18)13-4-2-3-5-13/h6-7,10-11,13,18-19H,2-5,8-9H2,1H3. The lowest BCUT2D eigenvalue weighted by Crippen LogP contribution is -2.35. The second-order valence-electron chi connectivity index (χ2n) is 5.24. The van der Waals surface area contributed by atoms with Gasteiger partial charge < -0.3 is 15.1 Å². The van der Waals surface area contributed by atoms with Crippen molar-refractivity contribution in [2.24, 2.45) is 0 Å². The van der Waals surface area contributed by atoms with Gasteiger partial charge in [-0.1, -0.05) is 30.5 Å². The maximum absolute atomic E-state index is 9.58. The van der Waals surface area contributed by atoms with Gasteiger partial charge in [-0.3, -0.25) is 0 Å². The van der Waals surface area contributed by atoms with Crippen molar-refractivity contribution in [1.29, 1.82) is 0 Å². The molecule has 0 aromatic heterocycles. The van der Waals surface area contributed by atoms with Gasteiger partial charge in [0.25, 0.3) is 0 Å². The summed E-state index contributed by atoms with van der Waals surface area (Å²) in [6.45, 7) is 2.47. The Bertz CT molecular complexity index is 417. The highest BCUT2D eigenvalue weighted by Gasteiger charge is 2.24. The van der Waals surface area contributed by atoms with E-state index in [4.69, 9.17) is 11.6 Å². The summed E-state index contributed by atoms with van der Waals surface area (Å²) < 4.78 is 0. The molecular weight excluding hydrogens is 262 g/mol. The van der Waals surface area contributed by atoms with E-state index in [1.165, 1.54) is 12.8 Å². The Morgan fingerprint density at radius 2 is 2.05 bits per heavy atom. The molecule has 1 unspecified atom stereocenters. The Labute approximate surface area is 119 Å². The van der Waals surface area contributed by atoms with Gasteiger partial charge in [0.1, 0.15) is 0 Å². The van der Waals surface area contributed by atoms with Crippen molar-refractivity contribution in [1.82, 2.24) is 0 Å². The van der Waals surface area contributed by atoms with Crippen LogP contribution in [0.5, 0.6) is 0 Å². The number of aliphatic hydroxyl groups is 2. The lowest BCUT2D eigenvalue weighted by Gasteiger charge is -2.31. The minimum absolute atomic E-state index is 0.130. The molecule has 3 nitrogen and oxygen atoms in total. The molecule has 1 aliphatic rings. The van der Waals surface area contributed by atoms with Crippen molar-refractivity contribution < 1.29 is 10.2 Å². The fraction of sp³-hybridized carbons (Fsp3) is 0.600. The van der Waals surface area contributed by atoms with Crippen LogP contribution >= 0.6 is 11.6 Å². The molecular formula is C15H22ClNO2. The number of rotatable bonds is 5. The van der Waals surface area contributed by atoms with Gasteiger partial charge in [-0.2, -0.15) is 0 Å². The Morgan fingerprint density at radius 3 is 2.58 bits per heavy atom. The molecule has 0 spiro atoms. The SMILES string of the molecule is CC(O)c1ccc(N(CCO)C2CCCC2)c(Cl)c1. The third-order valence-corrected chi connectivity index (χ3v) is 4.17. The third-order valence-electron chi connectivity index (χ3n) is 3.87. The monoisotopic (exact) mass is 283 g/mol. The van der Waals surface area contributed by atoms with E-state index >= 15 is 0 Å². The molecule has 0 saturated heterocycles. The lowest BCUT2D eigenvalue weighted by atomic mass is 10.1. The number of hydrogen-bond acceptors (Lipinski definition) is 3. The summed E-state index contributed by atoms with van der Waals surface area (Å²) in [6.07, 6.45) is 4.30. The van der Waals surface area contributed by atoms with Crippen molar-refractivity contribution >= 4 is 17.3 Å². The van der Waals surface area contributed by atoms with Gasteiger partial charge in [0.2, 0.25) is 0 Å². The molecule has 1 atom stereocenters. The van der Waals surface area contributed by atoms with Gasteiger partial charge in [0, 0.05) is 12.6 Å². The summed E-state index contributed by atoms with van der Waals surface area (Å²) >= 11 is 6.35. The summed E-state index contributed by atoms with van der Waals surface area (Å²) in [5, 5.41) is 19.5. The minimum atomic E-state index is -0.510. The topological polar surface area (TPSA) is 43.7 Å². The fourth-order valence-electron chi connectivity index (χ4n) is 2.84. The zero-order valence-electron chi connectivity index (χ0n) is 11.3. The van der Waals surface area contributed by atoms with Crippen molar-refractivity contribution in [2.75, 3.05) is 18.1 Å². The summed E-state index contributed by atoms with van der Waals surface area (Å²) in [6, 6.07) is 6.16. The zero-order valence-corrected chi connectivity index (χ0v) is 12.1. The van der Waals surface area contributed by atoms with E-state index in [1.54, 1.807) is 6.92 Å². The Morgan fingerprint density at radius 1 is 1.37 bits per heavy atom. The van der Waals surface area contributed by atoms with Gasteiger partial charge in [-0.25, -0.2) is 0 Å². The van der Waals surface area contributed by atoms with E-state index in [1.807, 2.05) is 18.2 Å². The zero-order chi connectivity index (χ0) is 13.8. The summed E-state index contributed by atoms with van der Waals surface area (Å²) in [4.78, 5) is 2.21. The molecule has 0 aliphatic heterocycles. The molecule has 1 aromatic rings. The van der Waals surface area contributed by atoms with Crippen molar-refractivity contribution in [2.45, 2.75) is 44.8 Å². The highest BCUT2D eigenvalue weighted by atomic mass is 35.5. The van der Waals surface area contributed by atoms with Crippen molar-refractivity contribution in [3.8, 4) is 0 Å². The molecule has 4 heteroatoms. The van der Waals surface area contributed by atoms with Gasteiger partial charge in [0.05, 0.1) is 23.4 Å². The highest BCUT2D eigenvalue weighted by molar-refractivity contribution is 6.33. The van der Waals surface area contributed by atoms with Gasteiger partial charge in [0.15, 0.2) is 0 Å². The molecule has 0 heterocycles. The van der Waals surface area contributed by atoms with Gasteiger partial charge >= 0.3 is 0 Å². The molecule has 0 radical (unpaired) electrons. The first-order chi connectivity index (χ1) is 9.13. The molecule has 0 amide bonds. The second-order valence-corrected chi connectivity index (χ2v) is 5.65. The van der Waals surface area contributed by atoms with Crippen LogP contribution in [0.25, 0.3) is 0 Å². The Balaban J connectivity index is 2.25. The first kappa shape index (κ1) is 14.6. The van der Waals surface area contributed by atoms with Gasteiger partial charge in [-0.05, 0) is 37.5 Å². The van der Waals surface area contributed by atoms with Crippen LogP contribution in [0.4, 0.5) is 5.69 Å². The maximum Gasteiger partial charge on any atom is 0.0762 e. The molecule has 2 N–H and O–H groups in total. The molecule has 1 aromatic carbocycles. The summed E-state index contributed by atoms with van der Waals surface area (Å²) in [7, 11) is 0. The van der Waals surface area contributed by atoms with Crippen molar-refractivity contribution in [3.05, 3.63) is 28.8 Å². The summed E-state index contributed by atoms with van der Waals surface area (Å²) in [5.74, 6) is 0. The smallest absolute Gasteiger partial charge is 0.0762 e. The summed E-state index contributed by atoms with van der Waals surface area (Å²) in [5.41, 5.74) is 1.79. The van der Waals surface area contributed by atoms with E-state index in [0.717, 1.165) is 24.1 Å². The number of halogens is 1. The highest BCUT2D eigenvalue weighted by Crippen LogP contribution is 2.34. The number of aliphatic hydroxyl groups excluding tert-OH is 2. The van der Waals surface area contributed by atoms with E-state index in [9.17, 15) is 10.2 Å². The second kappa shape index (κ2) is 6.60. The molecule has 2 rings (SSSR count). The predicted octanol–water partition coefficient (Wildman–Crippen LogP) is 3.13. The normalized spacial score (nSPS) is 17.7. The average Bonchev–Trinajstić information content (AvgIpc) is 2.90. The average molecular weight is 284 g/mol. The van der Waals surface area contributed by atoms with Crippen molar-refractivity contribution in [3.63, 3.8) is 0 Å². The number of nitrogens with zero attached hydrogens (tertiary/aromatic N) is 1. The third kappa shape index (κ3) is 3.41. The van der Waals surface area contributed by atoms with Gasteiger partial charge in [-0.15, -0.1) is 0 Å². The first-order valence-electron chi connectivity index (χ1n) is 6.98. The molecule has 1 saturated carbocycles. The molecule has 19 heavy (non-hydrogen) atoms. The molecule has 1 aliphatic carbocycles. The number of anilines is 1. The van der Waals surface area contributed by atoms with Crippen LogP contribution < -0.4 is 4.90 Å². The Hall–Kier alpha value is -0.770. The Kier molecular flexibility index (Phi) is 5.08. The predicted molar refractivity (Wildman–Crippen MR) is 78.8 cm³/mol. The van der Waals surface area contributed by atoms with E-state index < -0.39 is 6.10 Å². The lowest BCUT2D eigenvalue weighted by molar-refractivity contribution is 0.199. The van der Waals surface area contributed by atoms with E-state index in [-0.39, 0.29) is 6.61 Å². The minimum Gasteiger partial charge on any atom is -0.395 e. The van der Waals surface area contributed by atoms with Crippen LogP contribution in [0, 0.1) is 0 Å². The van der Waals surface area contributed by atoms with E-state index in [2.05, 4.69) is 4.90 Å². The van der Waals surface area contributed by atoms with Crippen LogP contribution in [0.2, 0.25) is 5.02 Å². The molecule has 1 fully saturated rings. The van der Waals surface area contributed by atoms with Crippen LogP contribution in [0.1, 0.15) is 44.3 Å².